The van der Waals surface area contributed by atoms with Crippen molar-refractivity contribution in [3.05, 3.63) is 87.9 Å². The summed E-state index contributed by atoms with van der Waals surface area (Å²) in [4.78, 5) is 25.0. The van der Waals surface area contributed by atoms with Crippen LogP contribution in [0.1, 0.15) is 51.7 Å². The van der Waals surface area contributed by atoms with Gasteiger partial charge in [-0.05, 0) is 45.4 Å². The van der Waals surface area contributed by atoms with E-state index in [4.69, 9.17) is 14.6 Å². The third-order valence-electron chi connectivity index (χ3n) is 6.80. The van der Waals surface area contributed by atoms with Crippen molar-refractivity contribution in [3.63, 3.8) is 0 Å². The molecule has 0 saturated carbocycles. The average molecular weight is 498 g/mol. The smallest absolute Gasteiger partial charge is 0.252 e. The van der Waals surface area contributed by atoms with Crippen LogP contribution >= 0.6 is 0 Å². The van der Waals surface area contributed by atoms with E-state index in [1.54, 1.807) is 18.9 Å². The second-order valence-corrected chi connectivity index (χ2v) is 9.52. The van der Waals surface area contributed by atoms with E-state index in [0.29, 0.717) is 36.2 Å². The maximum atomic E-state index is 13.8. The Hall–Kier alpha value is -4.20. The number of rotatable bonds is 6. The Balaban J connectivity index is 1.71. The quantitative estimate of drug-likeness (QED) is 0.374. The van der Waals surface area contributed by atoms with E-state index in [1.807, 2.05) is 49.9 Å². The predicted octanol–water partition coefficient (Wildman–Crippen LogP) is 4.98. The molecule has 0 bridgehead atoms. The molecule has 0 saturated heterocycles. The topological polar surface area (TPSA) is 82.4 Å². The van der Waals surface area contributed by atoms with E-state index < -0.39 is 0 Å². The Bertz CT molecular complexity index is 1460. The number of nitrogens with zero attached hydrogens (tertiary/aromatic N) is 5. The molecule has 0 aliphatic carbocycles. The molecule has 2 aromatic heterocycles. The molecule has 1 amide bonds. The van der Waals surface area contributed by atoms with Crippen molar-refractivity contribution < 1.29 is 14.3 Å². The van der Waals surface area contributed by atoms with Gasteiger partial charge in [-0.3, -0.25) is 9.69 Å². The van der Waals surface area contributed by atoms with Crippen LogP contribution in [0.4, 0.5) is 5.82 Å². The minimum absolute atomic E-state index is 0.00136. The van der Waals surface area contributed by atoms with Gasteiger partial charge in [0.05, 0.1) is 26.5 Å². The van der Waals surface area contributed by atoms with Gasteiger partial charge in [0.1, 0.15) is 17.3 Å². The molecule has 8 nitrogen and oxygen atoms in total. The Kier molecular flexibility index (Phi) is 6.41. The van der Waals surface area contributed by atoms with Crippen LogP contribution in [-0.2, 0) is 11.3 Å². The number of anilines is 1. The number of aromatic nitrogens is 4. The molecule has 0 spiro atoms. The summed E-state index contributed by atoms with van der Waals surface area (Å²) in [6.07, 6.45) is 0.293. The second-order valence-electron chi connectivity index (χ2n) is 9.52. The second kappa shape index (κ2) is 9.69. The molecular formula is C29H31N5O3. The summed E-state index contributed by atoms with van der Waals surface area (Å²) < 4.78 is 12.9. The van der Waals surface area contributed by atoms with Crippen LogP contribution in [0.25, 0.3) is 5.95 Å². The minimum Gasteiger partial charge on any atom is -0.497 e. The maximum Gasteiger partial charge on any atom is 0.252 e. The normalized spacial score (nSPS) is 15.0. The van der Waals surface area contributed by atoms with E-state index in [0.717, 1.165) is 33.8 Å². The molecule has 8 heteroatoms. The number of hydrogen-bond donors (Lipinski definition) is 0. The van der Waals surface area contributed by atoms with Crippen LogP contribution in [0, 0.1) is 27.7 Å². The average Bonchev–Trinajstić information content (AvgIpc) is 3.23. The van der Waals surface area contributed by atoms with E-state index in [9.17, 15) is 4.79 Å². The molecule has 0 radical (unpaired) electrons. The molecule has 3 heterocycles. The molecule has 0 unspecified atom stereocenters. The summed E-state index contributed by atoms with van der Waals surface area (Å²) in [5, 5.41) is 4.88. The zero-order valence-electron chi connectivity index (χ0n) is 22.1. The zero-order chi connectivity index (χ0) is 26.3. The highest BCUT2D eigenvalue weighted by Gasteiger charge is 2.39. The Labute approximate surface area is 216 Å². The summed E-state index contributed by atoms with van der Waals surface area (Å²) in [6.45, 7) is 8.31. The van der Waals surface area contributed by atoms with Crippen LogP contribution in [0.2, 0.25) is 0 Å². The lowest BCUT2D eigenvalue weighted by molar-refractivity contribution is -0.119. The molecule has 1 aliphatic heterocycles. The summed E-state index contributed by atoms with van der Waals surface area (Å²) >= 11 is 0. The number of fused-ring (bicyclic) bond motifs is 1. The van der Waals surface area contributed by atoms with Gasteiger partial charge in [-0.15, -0.1) is 0 Å². The van der Waals surface area contributed by atoms with Gasteiger partial charge in [0, 0.05) is 40.9 Å². The first-order valence-corrected chi connectivity index (χ1v) is 12.3. The fourth-order valence-corrected chi connectivity index (χ4v) is 5.05. The van der Waals surface area contributed by atoms with Crippen molar-refractivity contribution in [2.45, 2.75) is 46.6 Å². The fraction of sp³-hybridized carbons (Fsp3) is 0.310. The Morgan fingerprint density at radius 3 is 2.27 bits per heavy atom. The fourth-order valence-electron chi connectivity index (χ4n) is 5.05. The van der Waals surface area contributed by atoms with Crippen LogP contribution in [-0.4, -0.2) is 39.9 Å². The molecule has 4 aromatic rings. The molecule has 2 aromatic carbocycles. The van der Waals surface area contributed by atoms with Gasteiger partial charge < -0.3 is 9.47 Å². The summed E-state index contributed by atoms with van der Waals surface area (Å²) in [7, 11) is 3.25. The number of aryl methyl sites for hydroxylation is 4. The molecule has 1 atom stereocenters. The lowest BCUT2D eigenvalue weighted by Crippen LogP contribution is -2.38. The third kappa shape index (κ3) is 4.55. The van der Waals surface area contributed by atoms with Crippen molar-refractivity contribution in [1.29, 1.82) is 0 Å². The summed E-state index contributed by atoms with van der Waals surface area (Å²) in [5.74, 6) is 2.27. The summed E-state index contributed by atoms with van der Waals surface area (Å²) in [6, 6.07) is 15.9. The van der Waals surface area contributed by atoms with E-state index in [2.05, 4.69) is 41.2 Å². The number of methoxy groups -OCH3 is 2. The van der Waals surface area contributed by atoms with Gasteiger partial charge >= 0.3 is 0 Å². The van der Waals surface area contributed by atoms with Gasteiger partial charge in [0.15, 0.2) is 0 Å². The van der Waals surface area contributed by atoms with Crippen molar-refractivity contribution in [2.75, 3.05) is 19.1 Å². The standard InChI is InChI=1S/C29H31N5O3/c1-17-7-9-21(10-8-17)16-33-26(35)15-24(23-12-11-22(36-5)14-25(23)37-6)27-20(4)32-34(28(27)33)29-30-18(2)13-19(3)31-29/h7-14,24H,15-16H2,1-6H3/t24-/m1/s1. The molecule has 37 heavy (non-hydrogen) atoms. The molecule has 0 fully saturated rings. The number of ether oxygens (including phenoxy) is 2. The molecular weight excluding hydrogens is 466 g/mol. The number of carbonyl (C=O) groups excluding carboxylic acids is 1. The molecule has 190 valence electrons. The monoisotopic (exact) mass is 497 g/mol. The van der Waals surface area contributed by atoms with Gasteiger partial charge in [-0.25, -0.2) is 9.97 Å². The van der Waals surface area contributed by atoms with Crippen LogP contribution < -0.4 is 14.4 Å². The number of hydrogen-bond acceptors (Lipinski definition) is 6. The van der Waals surface area contributed by atoms with Gasteiger partial charge in [-0.1, -0.05) is 35.9 Å². The SMILES string of the molecule is COc1ccc([C@H]2CC(=O)N(Cc3ccc(C)cc3)c3c2c(C)nn3-c2nc(C)cc(C)n2)c(OC)c1. The first-order chi connectivity index (χ1) is 17.8. The maximum absolute atomic E-state index is 13.8. The highest BCUT2D eigenvalue weighted by Crippen LogP contribution is 2.46. The number of amides is 1. The lowest BCUT2D eigenvalue weighted by Gasteiger charge is -2.33. The molecule has 5 rings (SSSR count). The molecule has 0 N–H and O–H groups in total. The van der Waals surface area contributed by atoms with Crippen molar-refractivity contribution >= 4 is 11.7 Å². The number of benzene rings is 2. The Morgan fingerprint density at radius 1 is 0.919 bits per heavy atom. The van der Waals surface area contributed by atoms with E-state index in [1.165, 1.54) is 5.56 Å². The Morgan fingerprint density at radius 2 is 1.62 bits per heavy atom. The number of carbonyl (C=O) groups is 1. The van der Waals surface area contributed by atoms with Crippen molar-refractivity contribution in [2.24, 2.45) is 0 Å². The van der Waals surface area contributed by atoms with Gasteiger partial charge in [0.2, 0.25) is 5.91 Å². The highest BCUT2D eigenvalue weighted by atomic mass is 16.5. The highest BCUT2D eigenvalue weighted by molar-refractivity contribution is 5.97. The predicted molar refractivity (Wildman–Crippen MR) is 142 cm³/mol. The van der Waals surface area contributed by atoms with Crippen LogP contribution in [0.15, 0.2) is 48.5 Å². The first kappa shape index (κ1) is 24.5. The van der Waals surface area contributed by atoms with Gasteiger partial charge in [0.25, 0.3) is 5.95 Å². The van der Waals surface area contributed by atoms with Gasteiger partial charge in [-0.2, -0.15) is 9.78 Å². The first-order valence-electron chi connectivity index (χ1n) is 12.3. The van der Waals surface area contributed by atoms with Crippen LogP contribution in [0.3, 0.4) is 0 Å². The minimum atomic E-state index is -0.239. The summed E-state index contributed by atoms with van der Waals surface area (Å²) in [5.41, 5.74) is 6.59. The zero-order valence-corrected chi connectivity index (χ0v) is 22.1. The third-order valence-corrected chi connectivity index (χ3v) is 6.80. The lowest BCUT2D eigenvalue weighted by atomic mass is 9.84. The van der Waals surface area contributed by atoms with Crippen molar-refractivity contribution in [3.8, 4) is 17.4 Å². The van der Waals surface area contributed by atoms with E-state index >= 15 is 0 Å². The van der Waals surface area contributed by atoms with E-state index in [-0.39, 0.29) is 11.8 Å². The molecule has 1 aliphatic rings. The van der Waals surface area contributed by atoms with Crippen molar-refractivity contribution in [1.82, 2.24) is 19.7 Å². The van der Waals surface area contributed by atoms with Crippen LogP contribution in [0.5, 0.6) is 11.5 Å². The largest absolute Gasteiger partial charge is 0.497 e.